The zero-order chi connectivity index (χ0) is 14.6. The molecule has 5 heteroatoms. The first-order valence-electron chi connectivity index (χ1n) is 7.78. The zero-order valence-corrected chi connectivity index (χ0v) is 13.0. The van der Waals surface area contributed by atoms with E-state index in [1.54, 1.807) is 0 Å². The molecular weight excluding hydrogens is 256 g/mol. The van der Waals surface area contributed by atoms with E-state index in [9.17, 15) is 4.79 Å². The van der Waals surface area contributed by atoms with Gasteiger partial charge in [-0.1, -0.05) is 0 Å². The third kappa shape index (κ3) is 4.17. The molecule has 0 aromatic carbocycles. The lowest BCUT2D eigenvalue weighted by Gasteiger charge is -2.38. The first-order valence-corrected chi connectivity index (χ1v) is 7.78. The summed E-state index contributed by atoms with van der Waals surface area (Å²) in [6.45, 7) is 6.59. The molecule has 0 spiro atoms. The molecule has 1 N–H and O–H groups in total. The third-order valence-electron chi connectivity index (χ3n) is 4.21. The average molecular weight is 284 g/mol. The third-order valence-corrected chi connectivity index (χ3v) is 4.21. The Bertz CT molecular complexity index is 327. The standard InChI is InChI=1S/C15H28N2O3/c1-4-20-14(18)15(2,16-12-5-6-12)11-17(3)13-7-9-19-10-8-13/h12-13,16H,4-11H2,1-3H3. The van der Waals surface area contributed by atoms with Gasteiger partial charge in [-0.2, -0.15) is 0 Å². The molecule has 1 atom stereocenters. The maximum Gasteiger partial charge on any atom is 0.327 e. The second-order valence-electron chi connectivity index (χ2n) is 6.23. The van der Waals surface area contributed by atoms with Gasteiger partial charge in [0.2, 0.25) is 0 Å². The summed E-state index contributed by atoms with van der Waals surface area (Å²) < 4.78 is 10.7. The van der Waals surface area contributed by atoms with Gasteiger partial charge in [-0.15, -0.1) is 0 Å². The van der Waals surface area contributed by atoms with Crippen molar-refractivity contribution in [1.82, 2.24) is 10.2 Å². The predicted octanol–water partition coefficient (Wildman–Crippen LogP) is 1.17. The van der Waals surface area contributed by atoms with Gasteiger partial charge in [-0.3, -0.25) is 10.1 Å². The van der Waals surface area contributed by atoms with E-state index in [0.717, 1.165) is 38.9 Å². The van der Waals surface area contributed by atoms with Crippen LogP contribution in [0.5, 0.6) is 0 Å². The maximum atomic E-state index is 12.3. The fourth-order valence-electron chi connectivity index (χ4n) is 2.89. The number of carbonyl (C=O) groups is 1. The van der Waals surface area contributed by atoms with Crippen molar-refractivity contribution in [1.29, 1.82) is 0 Å². The molecule has 0 amide bonds. The van der Waals surface area contributed by atoms with Crippen molar-refractivity contribution in [3.05, 3.63) is 0 Å². The first kappa shape index (κ1) is 15.7. The van der Waals surface area contributed by atoms with Gasteiger partial charge in [-0.05, 0) is 46.6 Å². The number of nitrogens with zero attached hydrogens (tertiary/aromatic N) is 1. The number of likely N-dealkylation sites (N-methyl/N-ethyl adjacent to an activating group) is 1. The molecule has 0 bridgehead atoms. The number of ether oxygens (including phenoxy) is 2. The van der Waals surface area contributed by atoms with Crippen LogP contribution in [0.25, 0.3) is 0 Å². The molecule has 1 heterocycles. The second-order valence-corrected chi connectivity index (χ2v) is 6.23. The molecule has 1 aliphatic heterocycles. The lowest BCUT2D eigenvalue weighted by atomic mass is 9.99. The van der Waals surface area contributed by atoms with Gasteiger partial charge in [0.05, 0.1) is 6.61 Å². The number of rotatable bonds is 7. The smallest absolute Gasteiger partial charge is 0.327 e. The Balaban J connectivity index is 1.96. The van der Waals surface area contributed by atoms with E-state index in [0.29, 0.717) is 25.2 Å². The van der Waals surface area contributed by atoms with Crippen LogP contribution in [0.4, 0.5) is 0 Å². The summed E-state index contributed by atoms with van der Waals surface area (Å²) >= 11 is 0. The Morgan fingerprint density at radius 1 is 1.35 bits per heavy atom. The van der Waals surface area contributed by atoms with Crippen LogP contribution in [-0.4, -0.2) is 61.9 Å². The molecule has 1 saturated carbocycles. The average Bonchev–Trinajstić information content (AvgIpc) is 3.23. The van der Waals surface area contributed by atoms with Gasteiger partial charge in [0.15, 0.2) is 0 Å². The molecule has 2 rings (SSSR count). The number of esters is 1. The molecule has 0 radical (unpaired) electrons. The van der Waals surface area contributed by atoms with Gasteiger partial charge in [0, 0.05) is 31.8 Å². The quantitative estimate of drug-likeness (QED) is 0.711. The highest BCUT2D eigenvalue weighted by molar-refractivity contribution is 5.80. The fourth-order valence-corrected chi connectivity index (χ4v) is 2.89. The Morgan fingerprint density at radius 2 is 2.00 bits per heavy atom. The van der Waals surface area contributed by atoms with Crippen molar-refractivity contribution in [2.75, 3.05) is 33.4 Å². The normalized spacial score (nSPS) is 23.6. The summed E-state index contributed by atoms with van der Waals surface area (Å²) in [6, 6.07) is 0.978. The molecule has 20 heavy (non-hydrogen) atoms. The van der Waals surface area contributed by atoms with Crippen LogP contribution < -0.4 is 5.32 Å². The zero-order valence-electron chi connectivity index (χ0n) is 13.0. The number of carbonyl (C=O) groups excluding carboxylic acids is 1. The maximum absolute atomic E-state index is 12.3. The minimum Gasteiger partial charge on any atom is -0.465 e. The number of nitrogens with one attached hydrogen (secondary N) is 1. The molecule has 5 nitrogen and oxygen atoms in total. The molecule has 0 aromatic heterocycles. The molecule has 2 fully saturated rings. The molecule has 116 valence electrons. The van der Waals surface area contributed by atoms with E-state index in [-0.39, 0.29) is 5.97 Å². The molecule has 1 unspecified atom stereocenters. The summed E-state index contributed by atoms with van der Waals surface area (Å²) in [5, 5.41) is 3.47. The lowest BCUT2D eigenvalue weighted by Crippen LogP contribution is -2.59. The summed E-state index contributed by atoms with van der Waals surface area (Å²) in [7, 11) is 2.10. The van der Waals surface area contributed by atoms with Crippen molar-refractivity contribution in [2.45, 2.75) is 57.2 Å². The Hall–Kier alpha value is -0.650. The summed E-state index contributed by atoms with van der Waals surface area (Å²) in [5.41, 5.74) is -0.607. The van der Waals surface area contributed by atoms with Crippen LogP contribution in [0.1, 0.15) is 39.5 Å². The van der Waals surface area contributed by atoms with Crippen LogP contribution >= 0.6 is 0 Å². The highest BCUT2D eigenvalue weighted by Crippen LogP contribution is 2.25. The van der Waals surface area contributed by atoms with Crippen molar-refractivity contribution < 1.29 is 14.3 Å². The highest BCUT2D eigenvalue weighted by Gasteiger charge is 2.41. The SMILES string of the molecule is CCOC(=O)C(C)(CN(C)C1CCOCC1)NC1CC1. The highest BCUT2D eigenvalue weighted by atomic mass is 16.5. The van der Waals surface area contributed by atoms with Crippen LogP contribution in [-0.2, 0) is 14.3 Å². The van der Waals surface area contributed by atoms with Crippen molar-refractivity contribution in [2.24, 2.45) is 0 Å². The summed E-state index contributed by atoms with van der Waals surface area (Å²) in [4.78, 5) is 14.6. The van der Waals surface area contributed by atoms with Crippen molar-refractivity contribution >= 4 is 5.97 Å². The van der Waals surface area contributed by atoms with Gasteiger partial charge < -0.3 is 14.4 Å². The van der Waals surface area contributed by atoms with E-state index in [4.69, 9.17) is 9.47 Å². The van der Waals surface area contributed by atoms with E-state index < -0.39 is 5.54 Å². The topological polar surface area (TPSA) is 50.8 Å². The second kappa shape index (κ2) is 6.87. The Labute approximate surface area is 122 Å². The minimum atomic E-state index is -0.607. The monoisotopic (exact) mass is 284 g/mol. The lowest BCUT2D eigenvalue weighted by molar-refractivity contribution is -0.151. The molecule has 2 aliphatic rings. The van der Waals surface area contributed by atoms with Crippen molar-refractivity contribution in [3.8, 4) is 0 Å². The van der Waals surface area contributed by atoms with E-state index in [1.807, 2.05) is 13.8 Å². The summed E-state index contributed by atoms with van der Waals surface area (Å²) in [5.74, 6) is -0.134. The van der Waals surface area contributed by atoms with Gasteiger partial charge in [-0.25, -0.2) is 0 Å². The minimum absolute atomic E-state index is 0.134. The molecule has 1 saturated heterocycles. The summed E-state index contributed by atoms with van der Waals surface area (Å²) in [6.07, 6.45) is 4.41. The van der Waals surface area contributed by atoms with E-state index in [1.165, 1.54) is 0 Å². The fraction of sp³-hybridized carbons (Fsp3) is 0.933. The molecule has 1 aliphatic carbocycles. The Morgan fingerprint density at radius 3 is 2.55 bits per heavy atom. The van der Waals surface area contributed by atoms with Crippen LogP contribution in [0.3, 0.4) is 0 Å². The van der Waals surface area contributed by atoms with Gasteiger partial charge >= 0.3 is 5.97 Å². The number of hydrogen-bond acceptors (Lipinski definition) is 5. The largest absolute Gasteiger partial charge is 0.465 e. The van der Waals surface area contributed by atoms with Gasteiger partial charge in [0.25, 0.3) is 0 Å². The predicted molar refractivity (Wildman–Crippen MR) is 77.7 cm³/mol. The van der Waals surface area contributed by atoms with E-state index in [2.05, 4.69) is 17.3 Å². The Kier molecular flexibility index (Phi) is 5.41. The van der Waals surface area contributed by atoms with Crippen LogP contribution in [0, 0.1) is 0 Å². The first-order chi connectivity index (χ1) is 9.55. The van der Waals surface area contributed by atoms with Crippen molar-refractivity contribution in [3.63, 3.8) is 0 Å². The number of hydrogen-bond donors (Lipinski definition) is 1. The molecular formula is C15H28N2O3. The van der Waals surface area contributed by atoms with Crippen LogP contribution in [0.15, 0.2) is 0 Å². The molecule has 0 aromatic rings. The van der Waals surface area contributed by atoms with E-state index >= 15 is 0 Å². The van der Waals surface area contributed by atoms with Gasteiger partial charge in [0.1, 0.15) is 5.54 Å². The van der Waals surface area contributed by atoms with Crippen LogP contribution in [0.2, 0.25) is 0 Å².